The maximum Gasteiger partial charge on any atom is 0.225 e. The lowest BCUT2D eigenvalue weighted by atomic mass is 9.94. The number of hydrogen-bond acceptors (Lipinski definition) is 3. The summed E-state index contributed by atoms with van der Waals surface area (Å²) >= 11 is 0. The Labute approximate surface area is 157 Å². The molecule has 1 aromatic carbocycles. The lowest BCUT2D eigenvalue weighted by Gasteiger charge is -2.33. The van der Waals surface area contributed by atoms with Crippen LogP contribution in [0, 0.1) is 17.8 Å². The molecule has 0 saturated carbocycles. The number of piperidine rings is 1. The lowest BCUT2D eigenvalue weighted by molar-refractivity contribution is -0.138. The first-order valence-electron chi connectivity index (χ1n) is 9.76. The summed E-state index contributed by atoms with van der Waals surface area (Å²) < 4.78 is 0. The van der Waals surface area contributed by atoms with Gasteiger partial charge in [-0.3, -0.25) is 9.59 Å². The van der Waals surface area contributed by atoms with Crippen LogP contribution in [-0.4, -0.2) is 42.4 Å². The molecule has 2 rings (SSSR count). The minimum atomic E-state index is 0.00995. The molecule has 1 atom stereocenters. The fourth-order valence-electron chi connectivity index (χ4n) is 3.28. The molecule has 26 heavy (non-hydrogen) atoms. The number of amides is 2. The molecule has 5 nitrogen and oxygen atoms in total. The van der Waals surface area contributed by atoms with Crippen LogP contribution in [0.5, 0.6) is 0 Å². The first-order valence-corrected chi connectivity index (χ1v) is 9.76. The monoisotopic (exact) mass is 359 g/mol. The van der Waals surface area contributed by atoms with Gasteiger partial charge in [-0.15, -0.1) is 0 Å². The van der Waals surface area contributed by atoms with E-state index in [0.29, 0.717) is 25.6 Å². The summed E-state index contributed by atoms with van der Waals surface area (Å²) in [5, 5.41) is 6.62. The molecule has 1 aliphatic heterocycles. The fraction of sp³-hybridized carbons (Fsp3) is 0.619. The molecule has 1 saturated heterocycles. The fourth-order valence-corrected chi connectivity index (χ4v) is 3.28. The molecular formula is C21H33N3O2. The molecule has 144 valence electrons. The molecule has 0 bridgehead atoms. The zero-order valence-corrected chi connectivity index (χ0v) is 16.5. The molecular weight excluding hydrogens is 326 g/mol. The van der Waals surface area contributed by atoms with Gasteiger partial charge in [0, 0.05) is 43.2 Å². The Hall–Kier alpha value is -2.04. The second-order valence-electron chi connectivity index (χ2n) is 7.86. The standard InChI is InChI=1S/C21H33N3O2/c1-15(2)19(23-18-8-6-5-7-9-18)14-22-20(25)17-10-12-24(13-11-17)21(26)16(3)4/h5-9,15-17,19,23H,10-14H2,1-4H3,(H,22,25). The van der Waals surface area contributed by atoms with Crippen molar-refractivity contribution >= 4 is 17.5 Å². The van der Waals surface area contributed by atoms with Crippen LogP contribution in [0.15, 0.2) is 30.3 Å². The zero-order valence-electron chi connectivity index (χ0n) is 16.5. The summed E-state index contributed by atoms with van der Waals surface area (Å²) in [7, 11) is 0. The third-order valence-electron chi connectivity index (χ3n) is 5.10. The van der Waals surface area contributed by atoms with Crippen molar-refractivity contribution in [2.45, 2.75) is 46.6 Å². The number of likely N-dealkylation sites (tertiary alicyclic amines) is 1. The highest BCUT2D eigenvalue weighted by Crippen LogP contribution is 2.19. The highest BCUT2D eigenvalue weighted by Gasteiger charge is 2.28. The molecule has 1 aliphatic rings. The number of anilines is 1. The summed E-state index contributed by atoms with van der Waals surface area (Å²) in [6.07, 6.45) is 1.51. The number of para-hydroxylation sites is 1. The summed E-state index contributed by atoms with van der Waals surface area (Å²) in [4.78, 5) is 26.5. The Morgan fingerprint density at radius 2 is 1.69 bits per heavy atom. The van der Waals surface area contributed by atoms with Crippen LogP contribution in [0.2, 0.25) is 0 Å². The molecule has 2 N–H and O–H groups in total. The van der Waals surface area contributed by atoms with E-state index in [1.807, 2.05) is 49.1 Å². The van der Waals surface area contributed by atoms with Crippen molar-refractivity contribution in [2.24, 2.45) is 17.8 Å². The third kappa shape index (κ3) is 5.75. The molecule has 1 heterocycles. The number of carbonyl (C=O) groups is 2. The summed E-state index contributed by atoms with van der Waals surface area (Å²) in [6.45, 7) is 10.1. The van der Waals surface area contributed by atoms with Gasteiger partial charge in [-0.2, -0.15) is 0 Å². The van der Waals surface area contributed by atoms with Crippen LogP contribution in [0.4, 0.5) is 5.69 Å². The van der Waals surface area contributed by atoms with Crippen LogP contribution in [-0.2, 0) is 9.59 Å². The van der Waals surface area contributed by atoms with Crippen LogP contribution in [0.25, 0.3) is 0 Å². The first kappa shape index (κ1) is 20.3. The molecule has 0 aromatic heterocycles. The molecule has 0 spiro atoms. The molecule has 1 unspecified atom stereocenters. The quantitative estimate of drug-likeness (QED) is 0.786. The lowest BCUT2D eigenvalue weighted by Crippen LogP contribution is -2.46. The summed E-state index contributed by atoms with van der Waals surface area (Å²) in [5.41, 5.74) is 1.07. The smallest absolute Gasteiger partial charge is 0.225 e. The number of rotatable bonds is 7. The van der Waals surface area contributed by atoms with Gasteiger partial charge in [0.2, 0.25) is 11.8 Å². The van der Waals surface area contributed by atoms with E-state index in [-0.39, 0.29) is 29.7 Å². The van der Waals surface area contributed by atoms with E-state index in [2.05, 4.69) is 24.5 Å². The van der Waals surface area contributed by atoms with Crippen molar-refractivity contribution in [3.05, 3.63) is 30.3 Å². The maximum absolute atomic E-state index is 12.5. The van der Waals surface area contributed by atoms with Gasteiger partial charge in [0.15, 0.2) is 0 Å². The van der Waals surface area contributed by atoms with Crippen molar-refractivity contribution in [3.8, 4) is 0 Å². The van der Waals surface area contributed by atoms with Gasteiger partial charge in [-0.05, 0) is 30.9 Å². The predicted molar refractivity (Wildman–Crippen MR) is 106 cm³/mol. The van der Waals surface area contributed by atoms with Crippen molar-refractivity contribution < 1.29 is 9.59 Å². The molecule has 2 amide bonds. The molecule has 1 fully saturated rings. The van der Waals surface area contributed by atoms with E-state index in [1.54, 1.807) is 0 Å². The first-order chi connectivity index (χ1) is 12.4. The van der Waals surface area contributed by atoms with Gasteiger partial charge in [0.1, 0.15) is 0 Å². The molecule has 0 aliphatic carbocycles. The van der Waals surface area contributed by atoms with Gasteiger partial charge in [-0.25, -0.2) is 0 Å². The Kier molecular flexibility index (Phi) is 7.49. The third-order valence-corrected chi connectivity index (χ3v) is 5.10. The van der Waals surface area contributed by atoms with Crippen LogP contribution < -0.4 is 10.6 Å². The van der Waals surface area contributed by atoms with Crippen molar-refractivity contribution in [1.29, 1.82) is 0 Å². The van der Waals surface area contributed by atoms with Gasteiger partial charge >= 0.3 is 0 Å². The normalized spacial score (nSPS) is 16.6. The van der Waals surface area contributed by atoms with Gasteiger partial charge in [-0.1, -0.05) is 45.9 Å². The number of hydrogen-bond donors (Lipinski definition) is 2. The summed E-state index contributed by atoms with van der Waals surface area (Å²) in [5.74, 6) is 0.742. The van der Waals surface area contributed by atoms with Crippen LogP contribution >= 0.6 is 0 Å². The minimum absolute atomic E-state index is 0.00995. The van der Waals surface area contributed by atoms with E-state index in [0.717, 1.165) is 18.5 Å². The second kappa shape index (κ2) is 9.60. The van der Waals surface area contributed by atoms with Gasteiger partial charge < -0.3 is 15.5 Å². The zero-order chi connectivity index (χ0) is 19.1. The highest BCUT2D eigenvalue weighted by atomic mass is 16.2. The average Bonchev–Trinajstić information content (AvgIpc) is 2.64. The Bertz CT molecular complexity index is 578. The second-order valence-corrected chi connectivity index (χ2v) is 7.86. The SMILES string of the molecule is CC(C)C(=O)N1CCC(C(=O)NCC(Nc2ccccc2)C(C)C)CC1. The van der Waals surface area contributed by atoms with E-state index in [4.69, 9.17) is 0 Å². The Morgan fingerprint density at radius 3 is 2.23 bits per heavy atom. The van der Waals surface area contributed by atoms with E-state index in [1.165, 1.54) is 0 Å². The van der Waals surface area contributed by atoms with E-state index < -0.39 is 0 Å². The number of benzene rings is 1. The van der Waals surface area contributed by atoms with Crippen LogP contribution in [0.1, 0.15) is 40.5 Å². The van der Waals surface area contributed by atoms with E-state index >= 15 is 0 Å². The Balaban J connectivity index is 1.80. The minimum Gasteiger partial charge on any atom is -0.380 e. The molecule has 0 radical (unpaired) electrons. The Morgan fingerprint density at radius 1 is 1.08 bits per heavy atom. The average molecular weight is 360 g/mol. The largest absolute Gasteiger partial charge is 0.380 e. The van der Waals surface area contributed by atoms with Gasteiger partial charge in [0.05, 0.1) is 0 Å². The van der Waals surface area contributed by atoms with E-state index in [9.17, 15) is 9.59 Å². The topological polar surface area (TPSA) is 61.4 Å². The summed E-state index contributed by atoms with van der Waals surface area (Å²) in [6, 6.07) is 10.3. The number of carbonyl (C=O) groups excluding carboxylic acids is 2. The number of nitrogens with zero attached hydrogens (tertiary/aromatic N) is 1. The predicted octanol–water partition coefficient (Wildman–Crippen LogP) is 3.13. The van der Waals surface area contributed by atoms with Crippen molar-refractivity contribution in [3.63, 3.8) is 0 Å². The molecule has 1 aromatic rings. The maximum atomic E-state index is 12.5. The molecule has 5 heteroatoms. The van der Waals surface area contributed by atoms with Crippen LogP contribution in [0.3, 0.4) is 0 Å². The van der Waals surface area contributed by atoms with Crippen molar-refractivity contribution in [1.82, 2.24) is 10.2 Å². The van der Waals surface area contributed by atoms with Crippen molar-refractivity contribution in [2.75, 3.05) is 25.0 Å². The number of nitrogens with one attached hydrogen (secondary N) is 2. The van der Waals surface area contributed by atoms with Gasteiger partial charge in [0.25, 0.3) is 0 Å². The highest BCUT2D eigenvalue weighted by molar-refractivity contribution is 5.80.